The largest absolute Gasteiger partial charge is 0.456 e. The van der Waals surface area contributed by atoms with Crippen LogP contribution in [0.1, 0.15) is 17.1 Å². The third-order valence-corrected chi connectivity index (χ3v) is 3.07. The van der Waals surface area contributed by atoms with Gasteiger partial charge < -0.3 is 4.74 Å². The van der Waals surface area contributed by atoms with Crippen LogP contribution in [0.3, 0.4) is 0 Å². The summed E-state index contributed by atoms with van der Waals surface area (Å²) < 4.78 is 5.73. The molecule has 0 saturated heterocycles. The molecule has 2 heterocycles. The van der Waals surface area contributed by atoms with Crippen molar-refractivity contribution >= 4 is 11.6 Å². The topological polar surface area (TPSA) is 47.9 Å². The first kappa shape index (κ1) is 15.0. The van der Waals surface area contributed by atoms with Gasteiger partial charge in [0.05, 0.1) is 6.20 Å². The molecular formula is C18H12ClN3O. The predicted octanol–water partition coefficient (Wildman–Crippen LogP) is 4.03. The minimum atomic E-state index is 0.551. The van der Waals surface area contributed by atoms with E-state index in [2.05, 4.69) is 26.8 Å². The summed E-state index contributed by atoms with van der Waals surface area (Å²) in [6, 6.07) is 10.7. The summed E-state index contributed by atoms with van der Waals surface area (Å²) >= 11 is 6.13. The zero-order valence-corrected chi connectivity index (χ0v) is 13.1. The number of benzene rings is 1. The molecule has 0 atom stereocenters. The van der Waals surface area contributed by atoms with Gasteiger partial charge in [-0.1, -0.05) is 17.5 Å². The van der Waals surface area contributed by atoms with Crippen molar-refractivity contribution in [2.75, 3.05) is 0 Å². The fourth-order valence-corrected chi connectivity index (χ4v) is 2.12. The maximum absolute atomic E-state index is 6.13. The highest BCUT2D eigenvalue weighted by Crippen LogP contribution is 2.25. The normalized spacial score (nSPS) is 9.83. The number of aromatic nitrogens is 3. The Hall–Kier alpha value is -2.90. The molecule has 0 amide bonds. The van der Waals surface area contributed by atoms with E-state index >= 15 is 0 Å². The number of aryl methyl sites for hydroxylation is 1. The molecule has 0 radical (unpaired) electrons. The molecule has 0 saturated carbocycles. The van der Waals surface area contributed by atoms with Crippen LogP contribution in [0.25, 0.3) is 0 Å². The lowest BCUT2D eigenvalue weighted by atomic mass is 10.2. The van der Waals surface area contributed by atoms with Gasteiger partial charge in [-0.2, -0.15) is 0 Å². The summed E-state index contributed by atoms with van der Waals surface area (Å²) in [5, 5.41) is 0.551. The predicted molar refractivity (Wildman–Crippen MR) is 88.5 cm³/mol. The van der Waals surface area contributed by atoms with Crippen LogP contribution in [-0.4, -0.2) is 15.0 Å². The molecule has 0 N–H and O–H groups in total. The summed E-state index contributed by atoms with van der Waals surface area (Å²) in [4.78, 5) is 12.3. The fraction of sp³-hybridized carbons (Fsp3) is 0.0556. The van der Waals surface area contributed by atoms with E-state index in [1.54, 1.807) is 42.9 Å². The van der Waals surface area contributed by atoms with Crippen LogP contribution in [0.4, 0.5) is 0 Å². The van der Waals surface area contributed by atoms with Crippen LogP contribution >= 0.6 is 11.6 Å². The van der Waals surface area contributed by atoms with E-state index in [0.29, 0.717) is 28.0 Å². The van der Waals surface area contributed by atoms with E-state index in [0.717, 1.165) is 5.56 Å². The summed E-state index contributed by atoms with van der Waals surface area (Å²) in [5.74, 6) is 7.96. The molecule has 0 aliphatic carbocycles. The SMILES string of the molecule is Cc1nccc(C#Cc2cc(Cl)cc(Oc3cccnc3)c2)n1. The summed E-state index contributed by atoms with van der Waals surface area (Å²) in [5.41, 5.74) is 1.40. The first-order valence-corrected chi connectivity index (χ1v) is 7.27. The molecule has 0 spiro atoms. The highest BCUT2D eigenvalue weighted by Gasteiger charge is 2.01. The zero-order chi connectivity index (χ0) is 16.1. The van der Waals surface area contributed by atoms with Crippen molar-refractivity contribution in [1.82, 2.24) is 15.0 Å². The van der Waals surface area contributed by atoms with Crippen LogP contribution in [0.5, 0.6) is 11.5 Å². The molecule has 0 fully saturated rings. The molecular weight excluding hydrogens is 310 g/mol. The molecule has 112 valence electrons. The Morgan fingerprint density at radius 2 is 1.96 bits per heavy atom. The molecule has 3 rings (SSSR count). The van der Waals surface area contributed by atoms with E-state index < -0.39 is 0 Å². The number of rotatable bonds is 2. The fourth-order valence-electron chi connectivity index (χ4n) is 1.90. The van der Waals surface area contributed by atoms with Gasteiger partial charge in [0, 0.05) is 23.0 Å². The lowest BCUT2D eigenvalue weighted by molar-refractivity contribution is 0.480. The molecule has 0 aliphatic rings. The molecule has 1 aromatic carbocycles. The number of pyridine rings is 1. The molecule has 5 heteroatoms. The van der Waals surface area contributed by atoms with Crippen molar-refractivity contribution < 1.29 is 4.74 Å². The van der Waals surface area contributed by atoms with Crippen molar-refractivity contribution in [3.05, 3.63) is 77.1 Å². The Kier molecular flexibility index (Phi) is 4.51. The van der Waals surface area contributed by atoms with E-state index in [1.165, 1.54) is 0 Å². The van der Waals surface area contributed by atoms with Crippen molar-refractivity contribution in [3.63, 3.8) is 0 Å². The van der Waals surface area contributed by atoms with Gasteiger partial charge in [-0.3, -0.25) is 4.98 Å². The molecule has 0 unspecified atom stereocenters. The number of halogens is 1. The van der Waals surface area contributed by atoms with Crippen molar-refractivity contribution in [2.45, 2.75) is 6.92 Å². The van der Waals surface area contributed by atoms with Crippen molar-refractivity contribution in [3.8, 4) is 23.3 Å². The van der Waals surface area contributed by atoms with Crippen molar-refractivity contribution in [1.29, 1.82) is 0 Å². The number of nitrogens with zero attached hydrogens (tertiary/aromatic N) is 3. The Labute approximate surface area is 139 Å². The van der Waals surface area contributed by atoms with Crippen molar-refractivity contribution in [2.24, 2.45) is 0 Å². The van der Waals surface area contributed by atoms with E-state index in [9.17, 15) is 0 Å². The van der Waals surface area contributed by atoms with Gasteiger partial charge in [0.1, 0.15) is 23.0 Å². The minimum absolute atomic E-state index is 0.551. The molecule has 3 aromatic rings. The zero-order valence-electron chi connectivity index (χ0n) is 12.3. The summed E-state index contributed by atoms with van der Waals surface area (Å²) in [6.07, 6.45) is 5.00. The van der Waals surface area contributed by atoms with Gasteiger partial charge in [-0.25, -0.2) is 9.97 Å². The highest BCUT2D eigenvalue weighted by molar-refractivity contribution is 6.30. The van der Waals surface area contributed by atoms with Gasteiger partial charge in [-0.15, -0.1) is 0 Å². The lowest BCUT2D eigenvalue weighted by Gasteiger charge is -2.06. The van der Waals surface area contributed by atoms with E-state index in [4.69, 9.17) is 16.3 Å². The Bertz CT molecular complexity index is 886. The van der Waals surface area contributed by atoms with Crippen LogP contribution in [0, 0.1) is 18.8 Å². The highest BCUT2D eigenvalue weighted by atomic mass is 35.5. The number of ether oxygens (including phenoxy) is 1. The molecule has 2 aromatic heterocycles. The molecule has 4 nitrogen and oxygen atoms in total. The third-order valence-electron chi connectivity index (χ3n) is 2.85. The number of hydrogen-bond donors (Lipinski definition) is 0. The monoisotopic (exact) mass is 321 g/mol. The minimum Gasteiger partial charge on any atom is -0.456 e. The first-order chi connectivity index (χ1) is 11.2. The maximum atomic E-state index is 6.13. The van der Waals surface area contributed by atoms with Gasteiger partial charge in [0.15, 0.2) is 0 Å². The Balaban J connectivity index is 1.86. The van der Waals surface area contributed by atoms with Gasteiger partial charge in [0.25, 0.3) is 0 Å². The molecule has 0 bridgehead atoms. The average Bonchev–Trinajstić information content (AvgIpc) is 2.53. The van der Waals surface area contributed by atoms with Gasteiger partial charge in [0.2, 0.25) is 0 Å². The lowest BCUT2D eigenvalue weighted by Crippen LogP contribution is -1.89. The van der Waals surface area contributed by atoms with E-state index in [1.807, 2.05) is 19.1 Å². The standard InChI is InChI=1S/C18H12ClN3O/c1-13-21-8-6-16(22-13)5-4-14-9-15(19)11-18(10-14)23-17-3-2-7-20-12-17/h2-3,6-12H,1H3. The number of hydrogen-bond acceptors (Lipinski definition) is 4. The summed E-state index contributed by atoms with van der Waals surface area (Å²) in [6.45, 7) is 1.82. The van der Waals surface area contributed by atoms with Crippen LogP contribution < -0.4 is 4.74 Å². The third kappa shape index (κ3) is 4.29. The second kappa shape index (κ2) is 6.91. The smallest absolute Gasteiger partial charge is 0.145 e. The van der Waals surface area contributed by atoms with E-state index in [-0.39, 0.29) is 0 Å². The van der Waals surface area contributed by atoms with Crippen LogP contribution in [-0.2, 0) is 0 Å². The molecule has 23 heavy (non-hydrogen) atoms. The second-order valence-corrected chi connectivity index (χ2v) is 5.14. The van der Waals surface area contributed by atoms with Crippen LogP contribution in [0.2, 0.25) is 5.02 Å². The maximum Gasteiger partial charge on any atom is 0.145 e. The Morgan fingerprint density at radius 1 is 1.04 bits per heavy atom. The average molecular weight is 322 g/mol. The molecule has 0 aliphatic heterocycles. The van der Waals surface area contributed by atoms with Gasteiger partial charge in [-0.05, 0) is 49.2 Å². The summed E-state index contributed by atoms with van der Waals surface area (Å²) in [7, 11) is 0. The Morgan fingerprint density at radius 3 is 2.74 bits per heavy atom. The van der Waals surface area contributed by atoms with Gasteiger partial charge >= 0.3 is 0 Å². The van der Waals surface area contributed by atoms with Crippen LogP contribution in [0.15, 0.2) is 55.0 Å². The second-order valence-electron chi connectivity index (χ2n) is 4.71. The first-order valence-electron chi connectivity index (χ1n) is 6.89. The quantitative estimate of drug-likeness (QED) is 0.669.